The molecule has 30 heavy (non-hydrogen) atoms. The van der Waals surface area contributed by atoms with Gasteiger partial charge in [0.05, 0.1) is 10.6 Å². The molecule has 156 valence electrons. The van der Waals surface area contributed by atoms with Crippen molar-refractivity contribution in [3.05, 3.63) is 52.7 Å². The molecule has 1 aromatic heterocycles. The monoisotopic (exact) mass is 423 g/mol. The molecule has 0 aliphatic carbocycles. The molecule has 0 atom stereocenters. The van der Waals surface area contributed by atoms with E-state index in [-0.39, 0.29) is 16.6 Å². The molecule has 1 N–H and O–H groups in total. The summed E-state index contributed by atoms with van der Waals surface area (Å²) in [6.07, 6.45) is 3.31. The van der Waals surface area contributed by atoms with Crippen molar-refractivity contribution in [1.82, 2.24) is 15.3 Å². The standard InChI is InChI=1S/C22H25N5O2S/c1-22(2,3)15-4-6-17(7-5-15)26-10-12-27(13-11-26)20-23-9-8-16(24-20)14-18-19(28)25-21(29)30-18/h4-9,14H,10-13H2,1-3H3,(H,25,28,29). The highest BCUT2D eigenvalue weighted by molar-refractivity contribution is 8.18. The fourth-order valence-electron chi connectivity index (χ4n) is 3.49. The Hall–Kier alpha value is -2.87. The zero-order chi connectivity index (χ0) is 21.3. The van der Waals surface area contributed by atoms with E-state index in [2.05, 4.69) is 70.1 Å². The Bertz CT molecular complexity index is 989. The molecule has 2 fully saturated rings. The number of thioether (sulfide) groups is 1. The van der Waals surface area contributed by atoms with Gasteiger partial charge in [-0.15, -0.1) is 0 Å². The first-order valence-corrected chi connectivity index (χ1v) is 10.8. The molecule has 2 amide bonds. The number of amides is 2. The average Bonchev–Trinajstić information content (AvgIpc) is 3.04. The van der Waals surface area contributed by atoms with Crippen molar-refractivity contribution in [2.45, 2.75) is 26.2 Å². The molecule has 0 spiro atoms. The quantitative estimate of drug-likeness (QED) is 0.758. The summed E-state index contributed by atoms with van der Waals surface area (Å²) in [4.78, 5) is 36.9. The minimum absolute atomic E-state index is 0.153. The third-order valence-corrected chi connectivity index (χ3v) is 6.06. The van der Waals surface area contributed by atoms with Crippen molar-refractivity contribution in [2.75, 3.05) is 36.0 Å². The molecule has 4 rings (SSSR count). The number of nitrogens with zero attached hydrogens (tertiary/aromatic N) is 4. The maximum Gasteiger partial charge on any atom is 0.290 e. The Morgan fingerprint density at radius 3 is 2.27 bits per heavy atom. The van der Waals surface area contributed by atoms with Crippen LogP contribution in [0.15, 0.2) is 41.4 Å². The van der Waals surface area contributed by atoms with Crippen LogP contribution < -0.4 is 15.1 Å². The van der Waals surface area contributed by atoms with Gasteiger partial charge in [0, 0.05) is 38.1 Å². The van der Waals surface area contributed by atoms with Crippen molar-refractivity contribution >= 4 is 40.6 Å². The first kappa shape index (κ1) is 20.4. The smallest absolute Gasteiger partial charge is 0.290 e. The summed E-state index contributed by atoms with van der Waals surface area (Å²) in [5.41, 5.74) is 3.34. The van der Waals surface area contributed by atoms with Crippen LogP contribution in [0.25, 0.3) is 6.08 Å². The molecule has 0 radical (unpaired) electrons. The van der Waals surface area contributed by atoms with Gasteiger partial charge >= 0.3 is 0 Å². The van der Waals surface area contributed by atoms with E-state index in [4.69, 9.17) is 0 Å². The number of nitrogens with one attached hydrogen (secondary N) is 1. The molecule has 0 bridgehead atoms. The highest BCUT2D eigenvalue weighted by Gasteiger charge is 2.25. The molecule has 2 aliphatic rings. The van der Waals surface area contributed by atoms with E-state index in [1.807, 2.05) is 0 Å². The van der Waals surface area contributed by atoms with Gasteiger partial charge < -0.3 is 9.80 Å². The number of hydrogen-bond acceptors (Lipinski definition) is 7. The van der Waals surface area contributed by atoms with E-state index in [9.17, 15) is 9.59 Å². The SMILES string of the molecule is CC(C)(C)c1ccc(N2CCN(c3nccc(C=C4SC(=O)NC4=O)n3)CC2)cc1. The summed E-state index contributed by atoms with van der Waals surface area (Å²) in [7, 11) is 0. The number of carbonyl (C=O) groups is 2. The molecule has 8 heteroatoms. The molecule has 2 saturated heterocycles. The van der Waals surface area contributed by atoms with Gasteiger partial charge in [-0.25, -0.2) is 9.97 Å². The number of hydrogen-bond donors (Lipinski definition) is 1. The Balaban J connectivity index is 1.41. The van der Waals surface area contributed by atoms with E-state index in [0.29, 0.717) is 16.5 Å². The first-order chi connectivity index (χ1) is 14.3. The van der Waals surface area contributed by atoms with Gasteiger partial charge in [-0.05, 0) is 47.0 Å². The van der Waals surface area contributed by atoms with Crippen LogP contribution in [0.5, 0.6) is 0 Å². The minimum atomic E-state index is -0.378. The Morgan fingerprint density at radius 1 is 1.00 bits per heavy atom. The minimum Gasteiger partial charge on any atom is -0.368 e. The number of carbonyl (C=O) groups excluding carboxylic acids is 2. The summed E-state index contributed by atoms with van der Waals surface area (Å²) >= 11 is 0.891. The molecule has 2 aromatic rings. The molecule has 1 aromatic carbocycles. The first-order valence-electron chi connectivity index (χ1n) is 9.98. The second-order valence-electron chi connectivity index (χ2n) is 8.40. The zero-order valence-corrected chi connectivity index (χ0v) is 18.2. The molecule has 0 saturated carbocycles. The van der Waals surface area contributed by atoms with Crippen LogP contribution in [0.1, 0.15) is 32.0 Å². The van der Waals surface area contributed by atoms with Crippen LogP contribution >= 0.6 is 11.8 Å². The molecule has 2 aliphatic heterocycles. The lowest BCUT2D eigenvalue weighted by Crippen LogP contribution is -2.47. The van der Waals surface area contributed by atoms with E-state index in [1.165, 1.54) is 11.3 Å². The summed E-state index contributed by atoms with van der Waals surface area (Å²) < 4.78 is 0. The summed E-state index contributed by atoms with van der Waals surface area (Å²) in [5, 5.41) is 1.90. The van der Waals surface area contributed by atoms with Crippen LogP contribution in [0.3, 0.4) is 0 Å². The molecular formula is C22H25N5O2S. The average molecular weight is 424 g/mol. The number of benzene rings is 1. The third kappa shape index (κ3) is 4.48. The summed E-state index contributed by atoms with van der Waals surface area (Å²) in [5.74, 6) is 0.262. The lowest BCUT2D eigenvalue weighted by atomic mass is 9.87. The van der Waals surface area contributed by atoms with E-state index in [1.54, 1.807) is 18.3 Å². The van der Waals surface area contributed by atoms with Crippen molar-refractivity contribution in [1.29, 1.82) is 0 Å². The number of anilines is 2. The molecule has 0 unspecified atom stereocenters. The highest BCUT2D eigenvalue weighted by atomic mass is 32.2. The second-order valence-corrected chi connectivity index (χ2v) is 9.42. The van der Waals surface area contributed by atoms with E-state index >= 15 is 0 Å². The summed E-state index contributed by atoms with van der Waals surface area (Å²) in [6, 6.07) is 10.6. The van der Waals surface area contributed by atoms with Gasteiger partial charge in [0.2, 0.25) is 5.95 Å². The lowest BCUT2D eigenvalue weighted by Gasteiger charge is -2.36. The predicted molar refractivity (Wildman–Crippen MR) is 121 cm³/mol. The van der Waals surface area contributed by atoms with E-state index < -0.39 is 0 Å². The van der Waals surface area contributed by atoms with Gasteiger partial charge in [-0.2, -0.15) is 0 Å². The largest absolute Gasteiger partial charge is 0.368 e. The van der Waals surface area contributed by atoms with Crippen molar-refractivity contribution < 1.29 is 9.59 Å². The molecular weight excluding hydrogens is 398 g/mol. The summed E-state index contributed by atoms with van der Waals surface area (Å²) in [6.45, 7) is 10.1. The molecule has 7 nitrogen and oxygen atoms in total. The van der Waals surface area contributed by atoms with Crippen molar-refractivity contribution in [2.24, 2.45) is 0 Å². The Labute approximate surface area is 180 Å². The molecule has 3 heterocycles. The van der Waals surface area contributed by atoms with Gasteiger partial charge in [0.1, 0.15) is 0 Å². The van der Waals surface area contributed by atoms with Gasteiger partial charge in [0.25, 0.3) is 11.1 Å². The van der Waals surface area contributed by atoms with Crippen LogP contribution in [-0.2, 0) is 10.2 Å². The van der Waals surface area contributed by atoms with Crippen LogP contribution in [0, 0.1) is 0 Å². The fourth-order valence-corrected chi connectivity index (χ4v) is 4.15. The van der Waals surface area contributed by atoms with Crippen LogP contribution in [0.4, 0.5) is 16.4 Å². The maximum atomic E-state index is 11.7. The highest BCUT2D eigenvalue weighted by Crippen LogP contribution is 2.27. The zero-order valence-electron chi connectivity index (χ0n) is 17.4. The number of aromatic nitrogens is 2. The second kappa shape index (κ2) is 8.10. The fraction of sp³-hybridized carbons (Fsp3) is 0.364. The number of piperazine rings is 1. The number of rotatable bonds is 3. The lowest BCUT2D eigenvalue weighted by molar-refractivity contribution is -0.115. The van der Waals surface area contributed by atoms with E-state index in [0.717, 1.165) is 37.9 Å². The van der Waals surface area contributed by atoms with Gasteiger partial charge in [-0.1, -0.05) is 32.9 Å². The number of imide groups is 1. The van der Waals surface area contributed by atoms with Gasteiger partial charge in [0.15, 0.2) is 0 Å². The van der Waals surface area contributed by atoms with Crippen LogP contribution in [-0.4, -0.2) is 47.3 Å². The predicted octanol–water partition coefficient (Wildman–Crippen LogP) is 3.42. The van der Waals surface area contributed by atoms with Crippen molar-refractivity contribution in [3.63, 3.8) is 0 Å². The van der Waals surface area contributed by atoms with Crippen molar-refractivity contribution in [3.8, 4) is 0 Å². The maximum absolute atomic E-state index is 11.7. The Morgan fingerprint density at radius 2 is 1.67 bits per heavy atom. The van der Waals surface area contributed by atoms with Gasteiger partial charge in [-0.3, -0.25) is 14.9 Å². The Kier molecular flexibility index (Phi) is 5.51. The topological polar surface area (TPSA) is 78.4 Å². The van der Waals surface area contributed by atoms with Crippen LogP contribution in [0.2, 0.25) is 0 Å². The normalized spacial score (nSPS) is 18.8. The third-order valence-electron chi connectivity index (χ3n) is 5.25.